The van der Waals surface area contributed by atoms with Gasteiger partial charge in [0.15, 0.2) is 0 Å². The number of para-hydroxylation sites is 2. The lowest BCUT2D eigenvalue weighted by molar-refractivity contribution is -0.141. The Kier molecular flexibility index (Phi) is 10.4. The van der Waals surface area contributed by atoms with E-state index in [0.29, 0.717) is 17.9 Å². The number of rotatable bonds is 12. The first-order chi connectivity index (χ1) is 19.4. The summed E-state index contributed by atoms with van der Waals surface area (Å²) < 4.78 is 39.7. The van der Waals surface area contributed by atoms with Gasteiger partial charge in [-0.3, -0.25) is 13.9 Å². The number of methoxy groups -OCH3 is 2. The maximum atomic E-state index is 14.2. The second-order valence-electron chi connectivity index (χ2n) is 10.5. The summed E-state index contributed by atoms with van der Waals surface area (Å²) >= 11 is 0. The summed E-state index contributed by atoms with van der Waals surface area (Å²) in [6.45, 7) is 6.95. The largest absolute Gasteiger partial charge is 0.497 e. The molecule has 9 nitrogen and oxygen atoms in total. The van der Waals surface area contributed by atoms with Crippen LogP contribution in [-0.4, -0.2) is 57.5 Å². The van der Waals surface area contributed by atoms with Gasteiger partial charge in [-0.15, -0.1) is 0 Å². The van der Waals surface area contributed by atoms with E-state index in [9.17, 15) is 18.0 Å². The van der Waals surface area contributed by atoms with Gasteiger partial charge in [-0.25, -0.2) is 8.42 Å². The fourth-order valence-corrected chi connectivity index (χ4v) is 5.81. The fourth-order valence-electron chi connectivity index (χ4n) is 4.37. The summed E-state index contributed by atoms with van der Waals surface area (Å²) in [5.41, 5.74) is 0.444. The maximum absolute atomic E-state index is 14.2. The molecule has 0 aromatic heterocycles. The normalized spacial score (nSPS) is 12.2. The van der Waals surface area contributed by atoms with Crippen molar-refractivity contribution in [1.82, 2.24) is 10.2 Å². The van der Waals surface area contributed by atoms with Crippen molar-refractivity contribution >= 4 is 27.5 Å². The number of hydrogen-bond donors (Lipinski definition) is 1. The predicted octanol–water partition coefficient (Wildman–Crippen LogP) is 4.62. The van der Waals surface area contributed by atoms with E-state index < -0.39 is 34.1 Å². The topological polar surface area (TPSA) is 105 Å². The van der Waals surface area contributed by atoms with Gasteiger partial charge >= 0.3 is 0 Å². The summed E-state index contributed by atoms with van der Waals surface area (Å²) in [5, 5.41) is 2.96. The van der Waals surface area contributed by atoms with Crippen LogP contribution in [0.5, 0.6) is 11.5 Å². The minimum absolute atomic E-state index is 0.0259. The number of hydrogen-bond acceptors (Lipinski definition) is 6. The molecular weight excluding hydrogens is 542 g/mol. The summed E-state index contributed by atoms with van der Waals surface area (Å²) in [6, 6.07) is 20.8. The highest BCUT2D eigenvalue weighted by Crippen LogP contribution is 2.32. The van der Waals surface area contributed by atoms with Crippen LogP contribution < -0.4 is 19.1 Å². The van der Waals surface area contributed by atoms with E-state index in [1.165, 1.54) is 24.1 Å². The second kappa shape index (κ2) is 13.5. The first-order valence-electron chi connectivity index (χ1n) is 13.4. The molecular formula is C31H39N3O6S. The molecule has 0 bridgehead atoms. The van der Waals surface area contributed by atoms with Gasteiger partial charge in [0.25, 0.3) is 10.0 Å². The van der Waals surface area contributed by atoms with Crippen molar-refractivity contribution in [2.75, 3.05) is 25.1 Å². The van der Waals surface area contributed by atoms with Gasteiger partial charge in [0, 0.05) is 12.1 Å². The van der Waals surface area contributed by atoms with Crippen LogP contribution in [0.1, 0.15) is 39.7 Å². The zero-order valence-corrected chi connectivity index (χ0v) is 25.3. The lowest BCUT2D eigenvalue weighted by Crippen LogP contribution is -2.55. The van der Waals surface area contributed by atoms with Crippen molar-refractivity contribution in [3.8, 4) is 11.5 Å². The van der Waals surface area contributed by atoms with Gasteiger partial charge in [-0.1, -0.05) is 49.4 Å². The minimum atomic E-state index is -4.19. The molecule has 0 aliphatic rings. The van der Waals surface area contributed by atoms with Gasteiger partial charge in [-0.2, -0.15) is 0 Å². The van der Waals surface area contributed by atoms with E-state index in [4.69, 9.17) is 9.47 Å². The highest BCUT2D eigenvalue weighted by atomic mass is 32.2. The van der Waals surface area contributed by atoms with E-state index >= 15 is 0 Å². The molecule has 0 saturated heterocycles. The molecule has 41 heavy (non-hydrogen) atoms. The molecule has 0 radical (unpaired) electrons. The van der Waals surface area contributed by atoms with Crippen LogP contribution in [0.4, 0.5) is 5.69 Å². The molecule has 0 unspecified atom stereocenters. The molecule has 2 amide bonds. The number of nitrogens with zero attached hydrogens (tertiary/aromatic N) is 2. The van der Waals surface area contributed by atoms with Crippen LogP contribution in [0.15, 0.2) is 83.8 Å². The van der Waals surface area contributed by atoms with E-state index in [2.05, 4.69) is 5.32 Å². The van der Waals surface area contributed by atoms with E-state index in [-0.39, 0.29) is 23.0 Å². The summed E-state index contributed by atoms with van der Waals surface area (Å²) in [7, 11) is -1.19. The monoisotopic (exact) mass is 581 g/mol. The molecule has 0 aliphatic carbocycles. The molecule has 1 N–H and O–H groups in total. The number of ether oxygens (including phenoxy) is 2. The van der Waals surface area contributed by atoms with Gasteiger partial charge in [0.2, 0.25) is 11.8 Å². The van der Waals surface area contributed by atoms with Crippen molar-refractivity contribution < 1.29 is 27.5 Å². The zero-order valence-electron chi connectivity index (χ0n) is 24.5. The smallest absolute Gasteiger partial charge is 0.264 e. The van der Waals surface area contributed by atoms with E-state index in [0.717, 1.165) is 9.87 Å². The van der Waals surface area contributed by atoms with Gasteiger partial charge in [-0.05, 0) is 69.2 Å². The molecule has 3 aromatic rings. The van der Waals surface area contributed by atoms with Crippen molar-refractivity contribution in [2.45, 2.75) is 57.1 Å². The average Bonchev–Trinajstić information content (AvgIpc) is 2.95. The molecule has 0 fully saturated rings. The van der Waals surface area contributed by atoms with Gasteiger partial charge in [0.1, 0.15) is 24.1 Å². The summed E-state index contributed by atoms with van der Waals surface area (Å²) in [5.74, 6) is 0.0817. The number of anilines is 1. The third-order valence-corrected chi connectivity index (χ3v) is 8.13. The van der Waals surface area contributed by atoms with Crippen LogP contribution in [-0.2, 0) is 26.2 Å². The Hall–Kier alpha value is -4.05. The SMILES string of the molecule is CC[C@@H](C(=O)NC(C)(C)C)N(Cc1ccc(OC)cc1)C(=O)CN(c1ccccc1OC)S(=O)(=O)c1ccccc1. The lowest BCUT2D eigenvalue weighted by Gasteiger charge is -2.35. The van der Waals surface area contributed by atoms with Crippen LogP contribution in [0, 0.1) is 0 Å². The van der Waals surface area contributed by atoms with E-state index in [1.807, 2.05) is 39.8 Å². The third-order valence-electron chi connectivity index (χ3n) is 6.36. The minimum Gasteiger partial charge on any atom is -0.497 e. The molecule has 3 rings (SSSR count). The van der Waals surface area contributed by atoms with Crippen molar-refractivity contribution in [3.05, 3.63) is 84.4 Å². The number of sulfonamides is 1. The van der Waals surface area contributed by atoms with Crippen LogP contribution in [0.3, 0.4) is 0 Å². The molecule has 0 aliphatic heterocycles. The Labute approximate surface area is 243 Å². The van der Waals surface area contributed by atoms with Crippen LogP contribution in [0.2, 0.25) is 0 Å². The molecule has 10 heteroatoms. The standard InChI is InChI=1S/C31H39N3O6S/c1-7-26(30(36)32-31(2,3)4)33(21-23-17-19-24(39-5)20-18-23)29(35)22-34(27-15-11-12-16-28(27)40-6)41(37,38)25-13-9-8-10-14-25/h8-20,26H,7,21-22H2,1-6H3,(H,32,36)/t26-/m0/s1. The van der Waals surface area contributed by atoms with Crippen molar-refractivity contribution in [1.29, 1.82) is 0 Å². The van der Waals surface area contributed by atoms with Gasteiger partial charge in [0.05, 0.1) is 24.8 Å². The summed E-state index contributed by atoms with van der Waals surface area (Å²) in [6.07, 6.45) is 0.323. The van der Waals surface area contributed by atoms with Crippen molar-refractivity contribution in [3.63, 3.8) is 0 Å². The Morgan fingerprint density at radius 2 is 1.49 bits per heavy atom. The quantitative estimate of drug-likeness (QED) is 0.335. The predicted molar refractivity (Wildman–Crippen MR) is 159 cm³/mol. The Morgan fingerprint density at radius 3 is 2.05 bits per heavy atom. The number of carbonyl (C=O) groups excluding carboxylic acids is 2. The van der Waals surface area contributed by atoms with Crippen LogP contribution in [0.25, 0.3) is 0 Å². The number of nitrogens with one attached hydrogen (secondary N) is 1. The highest BCUT2D eigenvalue weighted by molar-refractivity contribution is 7.92. The van der Waals surface area contributed by atoms with Crippen LogP contribution >= 0.6 is 0 Å². The first-order valence-corrected chi connectivity index (χ1v) is 14.8. The zero-order chi connectivity index (χ0) is 30.2. The van der Waals surface area contributed by atoms with E-state index in [1.54, 1.807) is 61.7 Å². The lowest BCUT2D eigenvalue weighted by atomic mass is 10.1. The molecule has 0 spiro atoms. The molecule has 3 aromatic carbocycles. The van der Waals surface area contributed by atoms with Gasteiger partial charge < -0.3 is 19.7 Å². The summed E-state index contributed by atoms with van der Waals surface area (Å²) in [4.78, 5) is 29.1. The third kappa shape index (κ3) is 8.00. The maximum Gasteiger partial charge on any atom is 0.264 e. The Bertz CT molecular complexity index is 1420. The second-order valence-corrected chi connectivity index (χ2v) is 12.4. The number of amides is 2. The average molecular weight is 582 g/mol. The Morgan fingerprint density at radius 1 is 0.878 bits per heavy atom. The Balaban J connectivity index is 2.09. The molecule has 1 atom stereocenters. The number of carbonyl (C=O) groups is 2. The molecule has 0 heterocycles. The van der Waals surface area contributed by atoms with Crippen molar-refractivity contribution in [2.24, 2.45) is 0 Å². The first kappa shape index (κ1) is 31.5. The fraction of sp³-hybridized carbons (Fsp3) is 0.355. The molecule has 220 valence electrons. The highest BCUT2D eigenvalue weighted by Gasteiger charge is 2.35. The molecule has 0 saturated carbocycles. The number of benzene rings is 3.